The van der Waals surface area contributed by atoms with Gasteiger partial charge in [-0.2, -0.15) is 0 Å². The summed E-state index contributed by atoms with van der Waals surface area (Å²) in [6.07, 6.45) is 2.07. The van der Waals surface area contributed by atoms with Crippen molar-refractivity contribution in [3.8, 4) is 0 Å². The first kappa shape index (κ1) is 17.9. The van der Waals surface area contributed by atoms with E-state index in [1.807, 2.05) is 30.0 Å². The molecule has 2 heterocycles. The molecule has 1 amide bonds. The monoisotopic (exact) mass is 345 g/mol. The Morgan fingerprint density at radius 3 is 2.56 bits per heavy atom. The van der Waals surface area contributed by atoms with Gasteiger partial charge in [0.15, 0.2) is 0 Å². The molecule has 1 aromatic rings. The maximum atomic E-state index is 12.8. The number of hydrogen-bond acceptors (Lipinski definition) is 5. The van der Waals surface area contributed by atoms with Gasteiger partial charge in [-0.05, 0) is 31.4 Å². The first-order valence-electron chi connectivity index (χ1n) is 9.02. The molecule has 1 fully saturated rings. The molecule has 6 heteroatoms. The minimum Gasteiger partial charge on any atom is -0.468 e. The molecule has 136 valence electrons. The Hall–Kier alpha value is -1.92. The highest BCUT2D eigenvalue weighted by Crippen LogP contribution is 2.26. The third-order valence-corrected chi connectivity index (χ3v) is 5.27. The Morgan fingerprint density at radius 1 is 1.12 bits per heavy atom. The fourth-order valence-corrected chi connectivity index (χ4v) is 3.70. The van der Waals surface area contributed by atoms with Crippen LogP contribution in [0.4, 0.5) is 5.69 Å². The van der Waals surface area contributed by atoms with E-state index in [4.69, 9.17) is 4.74 Å². The fourth-order valence-electron chi connectivity index (χ4n) is 3.70. The molecule has 2 aliphatic heterocycles. The van der Waals surface area contributed by atoms with Crippen molar-refractivity contribution >= 4 is 17.6 Å². The standard InChI is InChI=1S/C19H27N3O3/c1-15(19(24)25-2)21-12-10-20(11-13-21)14-18(23)22-9-5-7-16-6-3-4-8-17(16)22/h3-4,6,8,15H,5,7,9-14H2,1-2H3/t15-/m0/s1. The van der Waals surface area contributed by atoms with E-state index in [9.17, 15) is 9.59 Å². The van der Waals surface area contributed by atoms with Crippen molar-refractivity contribution < 1.29 is 14.3 Å². The van der Waals surface area contributed by atoms with Gasteiger partial charge in [0.25, 0.3) is 0 Å². The first-order chi connectivity index (χ1) is 12.1. The molecule has 1 atom stereocenters. The molecule has 0 saturated carbocycles. The van der Waals surface area contributed by atoms with Crippen LogP contribution in [-0.4, -0.2) is 74.1 Å². The van der Waals surface area contributed by atoms with Crippen molar-refractivity contribution in [1.29, 1.82) is 0 Å². The summed E-state index contributed by atoms with van der Waals surface area (Å²) in [7, 11) is 1.42. The number of benzene rings is 1. The molecule has 0 radical (unpaired) electrons. The number of fused-ring (bicyclic) bond motifs is 1. The highest BCUT2D eigenvalue weighted by molar-refractivity contribution is 5.96. The Balaban J connectivity index is 1.55. The van der Waals surface area contributed by atoms with Crippen LogP contribution in [-0.2, 0) is 20.7 Å². The maximum absolute atomic E-state index is 12.8. The number of aryl methyl sites for hydroxylation is 1. The third kappa shape index (κ3) is 4.02. The van der Waals surface area contributed by atoms with Crippen molar-refractivity contribution in [2.24, 2.45) is 0 Å². The lowest BCUT2D eigenvalue weighted by Crippen LogP contribution is -2.54. The molecule has 0 unspecified atom stereocenters. The van der Waals surface area contributed by atoms with Gasteiger partial charge in [-0.25, -0.2) is 0 Å². The first-order valence-corrected chi connectivity index (χ1v) is 9.02. The highest BCUT2D eigenvalue weighted by atomic mass is 16.5. The summed E-state index contributed by atoms with van der Waals surface area (Å²) < 4.78 is 4.81. The average molecular weight is 345 g/mol. The number of nitrogens with zero attached hydrogens (tertiary/aromatic N) is 3. The van der Waals surface area contributed by atoms with Crippen LogP contribution in [0.5, 0.6) is 0 Å². The molecule has 3 rings (SSSR count). The molecule has 0 bridgehead atoms. The van der Waals surface area contributed by atoms with Gasteiger partial charge in [-0.3, -0.25) is 19.4 Å². The van der Waals surface area contributed by atoms with Gasteiger partial charge in [0.2, 0.25) is 5.91 Å². The van der Waals surface area contributed by atoms with Crippen LogP contribution < -0.4 is 4.90 Å². The van der Waals surface area contributed by atoms with Crippen LogP contribution in [0.3, 0.4) is 0 Å². The number of anilines is 1. The Labute approximate surface area is 149 Å². The second-order valence-corrected chi connectivity index (χ2v) is 6.79. The summed E-state index contributed by atoms with van der Waals surface area (Å²) in [6.45, 7) is 6.26. The van der Waals surface area contributed by atoms with E-state index in [1.165, 1.54) is 12.7 Å². The molecule has 1 saturated heterocycles. The zero-order chi connectivity index (χ0) is 17.8. The lowest BCUT2D eigenvalue weighted by atomic mass is 10.0. The number of para-hydroxylation sites is 1. The third-order valence-electron chi connectivity index (χ3n) is 5.27. The van der Waals surface area contributed by atoms with E-state index >= 15 is 0 Å². The number of esters is 1. The van der Waals surface area contributed by atoms with Gasteiger partial charge in [-0.1, -0.05) is 18.2 Å². The van der Waals surface area contributed by atoms with Crippen LogP contribution in [0.1, 0.15) is 18.9 Å². The molecule has 0 N–H and O–H groups in total. The summed E-state index contributed by atoms with van der Waals surface area (Å²) in [5.74, 6) is -0.0314. The number of carbonyl (C=O) groups is 2. The number of rotatable bonds is 4. The fraction of sp³-hybridized carbons (Fsp3) is 0.579. The summed E-state index contributed by atoms with van der Waals surface area (Å²) >= 11 is 0. The molecule has 0 aliphatic carbocycles. The number of hydrogen-bond donors (Lipinski definition) is 0. The van der Waals surface area contributed by atoms with Gasteiger partial charge in [-0.15, -0.1) is 0 Å². The van der Waals surface area contributed by atoms with Crippen molar-refractivity contribution in [1.82, 2.24) is 9.80 Å². The smallest absolute Gasteiger partial charge is 0.322 e. The van der Waals surface area contributed by atoms with Gasteiger partial charge < -0.3 is 9.64 Å². The molecule has 0 spiro atoms. The minimum absolute atomic E-state index is 0.168. The summed E-state index contributed by atoms with van der Waals surface area (Å²) in [6, 6.07) is 7.97. The number of piperazine rings is 1. The topological polar surface area (TPSA) is 53.1 Å². The van der Waals surface area contributed by atoms with Crippen molar-refractivity contribution in [2.45, 2.75) is 25.8 Å². The van der Waals surface area contributed by atoms with Crippen molar-refractivity contribution in [3.63, 3.8) is 0 Å². The Bertz CT molecular complexity index is 626. The van der Waals surface area contributed by atoms with E-state index in [1.54, 1.807) is 0 Å². The molecule has 1 aromatic carbocycles. The normalized spacial score (nSPS) is 20.0. The molecular formula is C19H27N3O3. The van der Waals surface area contributed by atoms with E-state index in [-0.39, 0.29) is 17.9 Å². The second-order valence-electron chi connectivity index (χ2n) is 6.79. The summed E-state index contributed by atoms with van der Waals surface area (Å²) in [5, 5.41) is 0. The molecule has 0 aromatic heterocycles. The van der Waals surface area contributed by atoms with Crippen LogP contribution in [0.2, 0.25) is 0 Å². The molecule has 25 heavy (non-hydrogen) atoms. The van der Waals surface area contributed by atoms with Gasteiger partial charge in [0, 0.05) is 38.4 Å². The predicted octanol–water partition coefficient (Wildman–Crippen LogP) is 1.14. The Morgan fingerprint density at radius 2 is 1.84 bits per heavy atom. The van der Waals surface area contributed by atoms with E-state index in [2.05, 4.69) is 15.9 Å². The zero-order valence-electron chi connectivity index (χ0n) is 15.1. The van der Waals surface area contributed by atoms with Gasteiger partial charge in [0.05, 0.1) is 13.7 Å². The molecule has 2 aliphatic rings. The maximum Gasteiger partial charge on any atom is 0.322 e. The van der Waals surface area contributed by atoms with Crippen molar-refractivity contribution in [3.05, 3.63) is 29.8 Å². The van der Waals surface area contributed by atoms with Crippen LogP contribution in [0, 0.1) is 0 Å². The minimum atomic E-state index is -0.225. The van der Waals surface area contributed by atoms with Crippen LogP contribution >= 0.6 is 0 Å². The number of amides is 1. The van der Waals surface area contributed by atoms with Crippen LogP contribution in [0.15, 0.2) is 24.3 Å². The van der Waals surface area contributed by atoms with Crippen molar-refractivity contribution in [2.75, 3.05) is 51.3 Å². The lowest BCUT2D eigenvalue weighted by molar-refractivity contribution is -0.147. The number of methoxy groups -OCH3 is 1. The Kier molecular flexibility index (Phi) is 5.71. The summed E-state index contributed by atoms with van der Waals surface area (Å²) in [4.78, 5) is 30.7. The molecular weight excluding hydrogens is 318 g/mol. The number of carbonyl (C=O) groups excluding carboxylic acids is 2. The van der Waals surface area contributed by atoms with E-state index in [0.717, 1.165) is 51.3 Å². The zero-order valence-corrected chi connectivity index (χ0v) is 15.1. The lowest BCUT2D eigenvalue weighted by Gasteiger charge is -2.38. The van der Waals surface area contributed by atoms with Gasteiger partial charge in [0.1, 0.15) is 6.04 Å². The summed E-state index contributed by atoms with van der Waals surface area (Å²) in [5.41, 5.74) is 2.33. The quantitative estimate of drug-likeness (QED) is 0.766. The SMILES string of the molecule is COC(=O)[C@H](C)N1CCN(CC(=O)N2CCCc3ccccc32)CC1. The highest BCUT2D eigenvalue weighted by Gasteiger charge is 2.28. The largest absolute Gasteiger partial charge is 0.468 e. The van der Waals surface area contributed by atoms with E-state index in [0.29, 0.717) is 6.54 Å². The average Bonchev–Trinajstić information content (AvgIpc) is 2.66. The predicted molar refractivity (Wildman–Crippen MR) is 96.6 cm³/mol. The second kappa shape index (κ2) is 7.97. The number of ether oxygens (including phenoxy) is 1. The van der Waals surface area contributed by atoms with Gasteiger partial charge >= 0.3 is 5.97 Å². The van der Waals surface area contributed by atoms with Crippen LogP contribution in [0.25, 0.3) is 0 Å². The van der Waals surface area contributed by atoms with E-state index < -0.39 is 0 Å². The molecule has 6 nitrogen and oxygen atoms in total.